The van der Waals surface area contributed by atoms with Gasteiger partial charge in [0, 0.05) is 13.8 Å². The molecule has 40 valence electrons. The maximum absolute atomic E-state index is 9.99. The summed E-state index contributed by atoms with van der Waals surface area (Å²) in [6, 6.07) is 0. The maximum Gasteiger partial charge on any atom is 0.306 e. The summed E-state index contributed by atoms with van der Waals surface area (Å²) in [7, 11) is 0. The minimum absolute atomic E-state index is 0.225. The van der Waals surface area contributed by atoms with Gasteiger partial charge in [-0.15, -0.1) is 0 Å². The molecule has 0 spiro atoms. The lowest BCUT2D eigenvalue weighted by atomic mass is 10.5. The minimum Gasteiger partial charge on any atom is -0.421 e. The first-order valence-corrected chi connectivity index (χ1v) is 2.13. The Bertz CT molecular complexity index is 66.5. The Morgan fingerprint density at radius 3 is 2.29 bits per heavy atom. The summed E-state index contributed by atoms with van der Waals surface area (Å²) in [5.41, 5.74) is 0. The van der Waals surface area contributed by atoms with Crippen LogP contribution in [0.25, 0.3) is 0 Å². The van der Waals surface area contributed by atoms with Crippen LogP contribution in [-0.2, 0) is 9.53 Å². The van der Waals surface area contributed by atoms with Gasteiger partial charge in [0.15, 0.2) is 0 Å². The third kappa shape index (κ3) is 5.34. The summed E-state index contributed by atoms with van der Waals surface area (Å²) in [6.07, 6.45) is -0.225. The third-order valence-corrected chi connectivity index (χ3v) is 0.367. The molecule has 0 fully saturated rings. The lowest BCUT2D eigenvalue weighted by Crippen LogP contribution is -2.06. The fraction of sp³-hybridized carbons (Fsp3) is 0.600. The van der Waals surface area contributed by atoms with E-state index in [1.54, 1.807) is 6.92 Å². The van der Waals surface area contributed by atoms with Crippen LogP contribution in [0.4, 0.5) is 0 Å². The molecule has 0 aromatic rings. The van der Waals surface area contributed by atoms with Crippen molar-refractivity contribution in [3.05, 3.63) is 6.92 Å². The van der Waals surface area contributed by atoms with Gasteiger partial charge >= 0.3 is 5.97 Å². The second-order valence-corrected chi connectivity index (χ2v) is 1.42. The summed E-state index contributed by atoms with van der Waals surface area (Å²) in [5.74, 6) is -0.275. The zero-order chi connectivity index (χ0) is 5.86. The summed E-state index contributed by atoms with van der Waals surface area (Å²) in [4.78, 5) is 9.99. The van der Waals surface area contributed by atoms with E-state index < -0.39 is 0 Å². The lowest BCUT2D eigenvalue weighted by molar-refractivity contribution is -0.143. The van der Waals surface area contributed by atoms with Crippen molar-refractivity contribution in [2.45, 2.75) is 20.0 Å². The topological polar surface area (TPSA) is 26.3 Å². The molecule has 0 rings (SSSR count). The number of rotatable bonds is 1. The first kappa shape index (κ1) is 6.34. The molecule has 0 aliphatic heterocycles. The van der Waals surface area contributed by atoms with Crippen LogP contribution >= 0.6 is 0 Å². The Kier molecular flexibility index (Phi) is 2.27. The fourth-order valence-electron chi connectivity index (χ4n) is 0.283. The average molecular weight is 101 g/mol. The Morgan fingerprint density at radius 2 is 2.29 bits per heavy atom. The highest BCUT2D eigenvalue weighted by molar-refractivity contribution is 5.66. The van der Waals surface area contributed by atoms with Crippen LogP contribution in [0, 0.1) is 6.92 Å². The van der Waals surface area contributed by atoms with Crippen molar-refractivity contribution in [2.75, 3.05) is 0 Å². The second kappa shape index (κ2) is 2.50. The first-order chi connectivity index (χ1) is 3.13. The van der Waals surface area contributed by atoms with E-state index in [1.807, 2.05) is 0 Å². The predicted molar refractivity (Wildman–Crippen MR) is 26.6 cm³/mol. The van der Waals surface area contributed by atoms with Crippen molar-refractivity contribution in [3.63, 3.8) is 0 Å². The molecule has 0 amide bonds. The number of hydrogen-bond acceptors (Lipinski definition) is 2. The van der Waals surface area contributed by atoms with E-state index in [-0.39, 0.29) is 12.1 Å². The summed E-state index contributed by atoms with van der Waals surface area (Å²) < 4.78 is 4.50. The zero-order valence-electron chi connectivity index (χ0n) is 4.60. The number of ether oxygens (including phenoxy) is 1. The average Bonchev–Trinajstić information content (AvgIpc) is 1.27. The number of carbonyl (C=O) groups excluding carboxylic acids is 1. The molecule has 1 atom stereocenters. The van der Waals surface area contributed by atoms with E-state index in [4.69, 9.17) is 0 Å². The van der Waals surface area contributed by atoms with Gasteiger partial charge in [-0.25, -0.2) is 0 Å². The van der Waals surface area contributed by atoms with Crippen molar-refractivity contribution >= 4 is 5.97 Å². The molecule has 0 aromatic carbocycles. The molecule has 1 unspecified atom stereocenters. The molecule has 0 bridgehead atoms. The van der Waals surface area contributed by atoms with Crippen LogP contribution < -0.4 is 0 Å². The largest absolute Gasteiger partial charge is 0.421 e. The predicted octanol–water partition coefficient (Wildman–Crippen LogP) is 0.772. The van der Waals surface area contributed by atoms with E-state index in [0.717, 1.165) is 0 Å². The monoisotopic (exact) mass is 101 g/mol. The quantitative estimate of drug-likeness (QED) is 0.360. The molecule has 0 aliphatic carbocycles. The zero-order valence-corrected chi connectivity index (χ0v) is 4.60. The number of hydrogen-bond donors (Lipinski definition) is 0. The third-order valence-electron chi connectivity index (χ3n) is 0.367. The molecular weight excluding hydrogens is 92.1 g/mol. The smallest absolute Gasteiger partial charge is 0.306 e. The number of carbonyl (C=O) groups is 1. The van der Waals surface area contributed by atoms with Gasteiger partial charge in [-0.1, -0.05) is 0 Å². The highest BCUT2D eigenvalue weighted by Crippen LogP contribution is 1.84. The van der Waals surface area contributed by atoms with E-state index in [0.29, 0.717) is 0 Å². The van der Waals surface area contributed by atoms with Crippen molar-refractivity contribution in [1.82, 2.24) is 0 Å². The van der Waals surface area contributed by atoms with Gasteiger partial charge in [0.05, 0.1) is 0 Å². The van der Waals surface area contributed by atoms with E-state index in [1.165, 1.54) is 6.92 Å². The van der Waals surface area contributed by atoms with Gasteiger partial charge in [0.2, 0.25) is 6.10 Å². The van der Waals surface area contributed by atoms with Gasteiger partial charge in [-0.2, -0.15) is 0 Å². The fourth-order valence-corrected chi connectivity index (χ4v) is 0.283. The van der Waals surface area contributed by atoms with E-state index in [2.05, 4.69) is 11.7 Å². The molecular formula is C5H9O2+. The van der Waals surface area contributed by atoms with Crippen molar-refractivity contribution in [3.8, 4) is 0 Å². The van der Waals surface area contributed by atoms with Crippen LogP contribution in [0.3, 0.4) is 0 Å². The van der Waals surface area contributed by atoms with Gasteiger partial charge in [0.1, 0.15) is 6.92 Å². The van der Waals surface area contributed by atoms with Crippen LogP contribution in [0.1, 0.15) is 13.8 Å². The number of esters is 1. The van der Waals surface area contributed by atoms with Gasteiger partial charge in [-0.3, -0.25) is 4.79 Å². The van der Waals surface area contributed by atoms with Crippen LogP contribution in [-0.4, -0.2) is 12.1 Å². The van der Waals surface area contributed by atoms with Crippen molar-refractivity contribution in [1.29, 1.82) is 0 Å². The van der Waals surface area contributed by atoms with E-state index >= 15 is 0 Å². The molecule has 2 nitrogen and oxygen atoms in total. The molecule has 0 aromatic heterocycles. The molecule has 0 aliphatic rings. The van der Waals surface area contributed by atoms with Gasteiger partial charge in [-0.05, 0) is 0 Å². The first-order valence-electron chi connectivity index (χ1n) is 2.13. The van der Waals surface area contributed by atoms with Crippen LogP contribution in [0.15, 0.2) is 0 Å². The molecule has 0 saturated heterocycles. The SMILES string of the molecule is [CH2+]C(C)OC(C)=O. The van der Waals surface area contributed by atoms with E-state index in [9.17, 15) is 4.79 Å². The Morgan fingerprint density at radius 1 is 1.86 bits per heavy atom. The Labute approximate surface area is 43.5 Å². The van der Waals surface area contributed by atoms with Crippen molar-refractivity contribution < 1.29 is 9.53 Å². The normalized spacial score (nSPS) is 12.9. The lowest BCUT2D eigenvalue weighted by Gasteiger charge is -1.95. The molecule has 0 radical (unpaired) electrons. The second-order valence-electron chi connectivity index (χ2n) is 1.42. The van der Waals surface area contributed by atoms with Gasteiger partial charge < -0.3 is 4.74 Å². The summed E-state index contributed by atoms with van der Waals surface area (Å²) in [5, 5.41) is 0. The van der Waals surface area contributed by atoms with Crippen molar-refractivity contribution in [2.24, 2.45) is 0 Å². The van der Waals surface area contributed by atoms with Crippen LogP contribution in [0.2, 0.25) is 0 Å². The molecule has 0 saturated carbocycles. The van der Waals surface area contributed by atoms with Gasteiger partial charge in [0.25, 0.3) is 0 Å². The minimum atomic E-state index is -0.275. The maximum atomic E-state index is 9.99. The Balaban J connectivity index is 3.13. The highest BCUT2D eigenvalue weighted by atomic mass is 16.5. The standard InChI is InChI=1S/C5H9O2/c1-4(2)7-5(3)6/h4H,1H2,2-3H3/q+1. The molecule has 0 heterocycles. The Hall–Kier alpha value is -0.660. The molecule has 2 heteroatoms. The molecule has 7 heavy (non-hydrogen) atoms. The molecule has 0 N–H and O–H groups in total. The van der Waals surface area contributed by atoms with Crippen LogP contribution in [0.5, 0.6) is 0 Å². The highest BCUT2D eigenvalue weighted by Gasteiger charge is 2.00. The summed E-state index contributed by atoms with van der Waals surface area (Å²) in [6.45, 7) is 6.51. The summed E-state index contributed by atoms with van der Waals surface area (Å²) >= 11 is 0.